The van der Waals surface area contributed by atoms with Gasteiger partial charge in [0.1, 0.15) is 0 Å². The summed E-state index contributed by atoms with van der Waals surface area (Å²) in [5.41, 5.74) is 1.00. The maximum atomic E-state index is 6.07. The molecule has 0 radical (unpaired) electrons. The number of hydrogen-bond acceptors (Lipinski definition) is 1. The van der Waals surface area contributed by atoms with Crippen LogP contribution in [-0.2, 0) is 11.8 Å². The van der Waals surface area contributed by atoms with Gasteiger partial charge in [0.05, 0.1) is 0 Å². The summed E-state index contributed by atoms with van der Waals surface area (Å²) in [6.07, 6.45) is 16.1. The standard InChI is InChI=1S/C12H23PS/c14-13(10-6-1-2-7-11-13)12-8-4-3-5-9-12/h12H,1-11H2. The zero-order chi connectivity index (χ0) is 9.86. The van der Waals surface area contributed by atoms with E-state index in [0.29, 0.717) is 0 Å². The van der Waals surface area contributed by atoms with Gasteiger partial charge in [-0.25, -0.2) is 0 Å². The van der Waals surface area contributed by atoms with E-state index in [1.807, 2.05) is 0 Å². The topological polar surface area (TPSA) is 0 Å². The fourth-order valence-corrected chi connectivity index (χ4v) is 8.33. The van der Waals surface area contributed by atoms with Crippen LogP contribution in [0, 0.1) is 0 Å². The van der Waals surface area contributed by atoms with Crippen LogP contribution in [0.4, 0.5) is 0 Å². The van der Waals surface area contributed by atoms with E-state index >= 15 is 0 Å². The van der Waals surface area contributed by atoms with Gasteiger partial charge in [-0.15, -0.1) is 0 Å². The first-order valence-electron chi connectivity index (χ1n) is 6.39. The molecule has 2 fully saturated rings. The molecule has 0 nitrogen and oxygen atoms in total. The van der Waals surface area contributed by atoms with Gasteiger partial charge in [0.2, 0.25) is 0 Å². The smallest absolute Gasteiger partial charge is 0.0118 e. The highest BCUT2D eigenvalue weighted by atomic mass is 32.4. The van der Waals surface area contributed by atoms with E-state index in [1.54, 1.807) is 0 Å². The Labute approximate surface area is 93.9 Å². The number of rotatable bonds is 1. The lowest BCUT2D eigenvalue weighted by atomic mass is 10.0. The van der Waals surface area contributed by atoms with E-state index in [-0.39, 0.29) is 0 Å². The molecule has 14 heavy (non-hydrogen) atoms. The van der Waals surface area contributed by atoms with Crippen molar-refractivity contribution in [2.45, 2.75) is 63.4 Å². The van der Waals surface area contributed by atoms with Crippen LogP contribution >= 0.6 is 6.04 Å². The Morgan fingerprint density at radius 3 is 1.79 bits per heavy atom. The lowest BCUT2D eigenvalue weighted by molar-refractivity contribution is 0.509. The van der Waals surface area contributed by atoms with Gasteiger partial charge < -0.3 is 0 Å². The van der Waals surface area contributed by atoms with Crippen molar-refractivity contribution in [2.24, 2.45) is 0 Å². The average molecular weight is 230 g/mol. The molecule has 1 saturated heterocycles. The SMILES string of the molecule is S=P1(C2CCCCC2)CCCCCC1. The van der Waals surface area contributed by atoms with Gasteiger partial charge in [-0.2, -0.15) is 0 Å². The van der Waals surface area contributed by atoms with Crippen molar-refractivity contribution in [1.82, 2.24) is 0 Å². The van der Waals surface area contributed by atoms with Crippen molar-refractivity contribution in [1.29, 1.82) is 0 Å². The quantitative estimate of drug-likeness (QED) is 0.603. The molecular formula is C12H23PS. The normalized spacial score (nSPS) is 29.7. The van der Waals surface area contributed by atoms with E-state index in [4.69, 9.17) is 11.8 Å². The van der Waals surface area contributed by atoms with Crippen LogP contribution in [0.5, 0.6) is 0 Å². The van der Waals surface area contributed by atoms with Crippen LogP contribution in [0.3, 0.4) is 0 Å². The molecule has 2 heteroatoms. The Balaban J connectivity index is 2.00. The minimum atomic E-state index is -0.899. The van der Waals surface area contributed by atoms with Crippen LogP contribution in [0.15, 0.2) is 0 Å². The molecule has 0 amide bonds. The van der Waals surface area contributed by atoms with Crippen LogP contribution in [0.25, 0.3) is 0 Å². The molecule has 0 aromatic heterocycles. The van der Waals surface area contributed by atoms with Crippen molar-refractivity contribution in [3.05, 3.63) is 0 Å². The Morgan fingerprint density at radius 1 is 0.714 bits per heavy atom. The third-order valence-electron chi connectivity index (χ3n) is 4.06. The Bertz CT molecular complexity index is 206. The minimum absolute atomic E-state index is 0.899. The van der Waals surface area contributed by atoms with Gasteiger partial charge in [-0.05, 0) is 49.7 Å². The van der Waals surface area contributed by atoms with Gasteiger partial charge >= 0.3 is 0 Å². The second-order valence-corrected chi connectivity index (χ2v) is 10.8. The number of hydrogen-bond donors (Lipinski definition) is 0. The summed E-state index contributed by atoms with van der Waals surface area (Å²) in [6.45, 7) is 0. The zero-order valence-corrected chi connectivity index (χ0v) is 10.9. The van der Waals surface area contributed by atoms with E-state index in [1.165, 1.54) is 70.1 Å². The van der Waals surface area contributed by atoms with E-state index in [2.05, 4.69) is 0 Å². The molecule has 0 N–H and O–H groups in total. The molecular weight excluding hydrogens is 207 g/mol. The zero-order valence-electron chi connectivity index (χ0n) is 9.21. The molecule has 0 unspecified atom stereocenters. The fraction of sp³-hybridized carbons (Fsp3) is 1.00. The van der Waals surface area contributed by atoms with Gasteiger partial charge in [0, 0.05) is 0 Å². The molecule has 0 aromatic rings. The van der Waals surface area contributed by atoms with E-state index < -0.39 is 6.04 Å². The van der Waals surface area contributed by atoms with Gasteiger partial charge in [-0.3, -0.25) is 0 Å². The van der Waals surface area contributed by atoms with Gasteiger partial charge in [0.15, 0.2) is 0 Å². The molecule has 0 bridgehead atoms. The predicted octanol–water partition coefficient (Wildman–Crippen LogP) is 4.37. The molecule has 1 aliphatic heterocycles. The predicted molar refractivity (Wildman–Crippen MR) is 69.4 cm³/mol. The molecule has 82 valence electrons. The lowest BCUT2D eigenvalue weighted by Crippen LogP contribution is -2.16. The molecule has 0 aromatic carbocycles. The highest BCUT2D eigenvalue weighted by Crippen LogP contribution is 2.58. The van der Waals surface area contributed by atoms with Crippen LogP contribution in [0.2, 0.25) is 0 Å². The molecule has 2 rings (SSSR count). The minimum Gasteiger partial charge on any atom is -0.0972 e. The molecule has 1 saturated carbocycles. The summed E-state index contributed by atoms with van der Waals surface area (Å²) in [7, 11) is 0. The van der Waals surface area contributed by atoms with Gasteiger partial charge in [-0.1, -0.05) is 43.9 Å². The Hall–Kier alpha value is 0.650. The molecule has 0 atom stereocenters. The van der Waals surface area contributed by atoms with Crippen molar-refractivity contribution < 1.29 is 0 Å². The third kappa shape index (κ3) is 2.61. The first kappa shape index (κ1) is 11.1. The maximum Gasteiger partial charge on any atom is -0.0118 e. The second kappa shape index (κ2) is 5.12. The van der Waals surface area contributed by atoms with Crippen LogP contribution in [0.1, 0.15) is 57.8 Å². The first-order chi connectivity index (χ1) is 6.81. The summed E-state index contributed by atoms with van der Waals surface area (Å²) in [4.78, 5) is 0. The van der Waals surface area contributed by atoms with E-state index in [9.17, 15) is 0 Å². The Kier molecular flexibility index (Phi) is 4.08. The van der Waals surface area contributed by atoms with Gasteiger partial charge in [0.25, 0.3) is 0 Å². The van der Waals surface area contributed by atoms with Crippen LogP contribution in [-0.4, -0.2) is 18.0 Å². The second-order valence-electron chi connectivity index (χ2n) is 5.11. The highest BCUT2D eigenvalue weighted by molar-refractivity contribution is 8.15. The van der Waals surface area contributed by atoms with E-state index in [0.717, 1.165) is 5.66 Å². The molecule has 1 heterocycles. The summed E-state index contributed by atoms with van der Waals surface area (Å²) in [5.74, 6) is 0. The fourth-order valence-electron chi connectivity index (χ4n) is 3.14. The molecule has 2 aliphatic rings. The van der Waals surface area contributed by atoms with Crippen molar-refractivity contribution in [2.75, 3.05) is 12.3 Å². The third-order valence-corrected chi connectivity index (χ3v) is 10.0. The lowest BCUT2D eigenvalue weighted by Gasteiger charge is -2.33. The summed E-state index contributed by atoms with van der Waals surface area (Å²) in [5, 5.41) is 0. The van der Waals surface area contributed by atoms with Crippen molar-refractivity contribution in [3.8, 4) is 0 Å². The summed E-state index contributed by atoms with van der Waals surface area (Å²) in [6, 6.07) is -0.899. The monoisotopic (exact) mass is 230 g/mol. The maximum absolute atomic E-state index is 6.07. The summed E-state index contributed by atoms with van der Waals surface area (Å²) >= 11 is 6.07. The summed E-state index contributed by atoms with van der Waals surface area (Å²) < 4.78 is 0. The van der Waals surface area contributed by atoms with Crippen molar-refractivity contribution >= 4 is 17.8 Å². The van der Waals surface area contributed by atoms with Crippen molar-refractivity contribution in [3.63, 3.8) is 0 Å². The molecule has 0 spiro atoms. The first-order valence-corrected chi connectivity index (χ1v) is 9.63. The highest BCUT2D eigenvalue weighted by Gasteiger charge is 2.29. The van der Waals surface area contributed by atoms with Crippen LogP contribution < -0.4 is 0 Å². The molecule has 1 aliphatic carbocycles. The Morgan fingerprint density at radius 2 is 1.21 bits per heavy atom. The average Bonchev–Trinajstić information content (AvgIpc) is 2.46. The largest absolute Gasteiger partial charge is 0.0972 e.